The minimum Gasteiger partial charge on any atom is -0.755 e. The van der Waals surface area contributed by atoms with Crippen LogP contribution in [0.3, 0.4) is 0 Å². The molecule has 1 aromatic carbocycles. The largest absolute Gasteiger partial charge is 0.755 e. The predicted octanol–water partition coefficient (Wildman–Crippen LogP) is 1.78. The maximum Gasteiger partial charge on any atom is 0.407 e. The summed E-state index contributed by atoms with van der Waals surface area (Å²) in [7, 11) is 1.31. The summed E-state index contributed by atoms with van der Waals surface area (Å²) in [5.74, 6) is -3.64. The predicted molar refractivity (Wildman–Crippen MR) is 110 cm³/mol. The van der Waals surface area contributed by atoms with Gasteiger partial charge in [-0.3, -0.25) is 13.3 Å². The molecular formula is C18H18ClF2N4O6S-. The highest BCUT2D eigenvalue weighted by molar-refractivity contribution is 7.80. The van der Waals surface area contributed by atoms with Gasteiger partial charge in [-0.05, 0) is 18.2 Å². The number of aliphatic hydroxyl groups is 1. The van der Waals surface area contributed by atoms with Gasteiger partial charge in [0.2, 0.25) is 0 Å². The van der Waals surface area contributed by atoms with E-state index < -0.39 is 64.8 Å². The average Bonchev–Trinajstić information content (AvgIpc) is 3.26. The first-order valence-corrected chi connectivity index (χ1v) is 10.5. The maximum atomic E-state index is 15.3. The summed E-state index contributed by atoms with van der Waals surface area (Å²) in [5, 5.41) is 20.9. The van der Waals surface area contributed by atoms with Crippen molar-refractivity contribution in [2.75, 3.05) is 29.3 Å². The van der Waals surface area contributed by atoms with Crippen molar-refractivity contribution in [1.29, 1.82) is 0 Å². The number of carboxylic acid groups (broad SMARTS) is 1. The fraction of sp³-hybridized carbons (Fsp3) is 0.333. The molecule has 32 heavy (non-hydrogen) atoms. The zero-order valence-electron chi connectivity index (χ0n) is 16.5. The summed E-state index contributed by atoms with van der Waals surface area (Å²) in [4.78, 5) is 24.8. The van der Waals surface area contributed by atoms with Crippen LogP contribution in [0, 0.1) is 17.6 Å². The number of likely N-dealkylation sites (tertiary alicyclic amines) is 1. The summed E-state index contributed by atoms with van der Waals surface area (Å²) in [6.45, 7) is -0.967. The highest BCUT2D eigenvalue weighted by atomic mass is 35.5. The second kappa shape index (κ2) is 9.40. The van der Waals surface area contributed by atoms with Crippen molar-refractivity contribution in [3.8, 4) is 0 Å². The monoisotopic (exact) mass is 491 g/mol. The van der Waals surface area contributed by atoms with Crippen LogP contribution in [-0.4, -0.2) is 66.2 Å². The van der Waals surface area contributed by atoms with Crippen LogP contribution in [0.1, 0.15) is 10.5 Å². The molecule has 2 heterocycles. The third kappa shape index (κ3) is 4.55. The van der Waals surface area contributed by atoms with Gasteiger partial charge in [0.25, 0.3) is 5.91 Å². The van der Waals surface area contributed by atoms with Crippen molar-refractivity contribution >= 4 is 46.2 Å². The van der Waals surface area contributed by atoms with Gasteiger partial charge in [-0.2, -0.15) is 0 Å². The number of nitrogens with zero attached hydrogens (tertiary/aromatic N) is 3. The van der Waals surface area contributed by atoms with E-state index in [-0.39, 0.29) is 23.8 Å². The first-order chi connectivity index (χ1) is 15.0. The molecule has 0 spiro atoms. The quantitative estimate of drug-likeness (QED) is 0.526. The van der Waals surface area contributed by atoms with Crippen molar-refractivity contribution in [3.63, 3.8) is 0 Å². The second-order valence-corrected chi connectivity index (χ2v) is 8.35. The number of aryl methyl sites for hydroxylation is 1. The van der Waals surface area contributed by atoms with E-state index in [0.717, 1.165) is 27.8 Å². The van der Waals surface area contributed by atoms with E-state index in [4.69, 9.17) is 11.6 Å². The maximum absolute atomic E-state index is 15.3. The van der Waals surface area contributed by atoms with Crippen LogP contribution >= 0.6 is 11.6 Å². The Bertz CT molecular complexity index is 1080. The summed E-state index contributed by atoms with van der Waals surface area (Å²) >= 11 is 2.63. The molecule has 3 N–H and O–H groups in total. The zero-order valence-corrected chi connectivity index (χ0v) is 18.1. The molecule has 3 atom stereocenters. The number of anilines is 2. The lowest BCUT2D eigenvalue weighted by atomic mass is 10.1. The molecule has 1 aliphatic heterocycles. The Kier molecular flexibility index (Phi) is 7.03. The lowest BCUT2D eigenvalue weighted by Gasteiger charge is -2.33. The molecular weight excluding hydrogens is 474 g/mol. The Morgan fingerprint density at radius 3 is 2.62 bits per heavy atom. The van der Waals surface area contributed by atoms with Crippen molar-refractivity contribution in [1.82, 2.24) is 9.47 Å². The fourth-order valence-corrected chi connectivity index (χ4v) is 4.51. The fourth-order valence-electron chi connectivity index (χ4n) is 3.58. The summed E-state index contributed by atoms with van der Waals surface area (Å²) in [5.41, 5.74) is -0.926. The van der Waals surface area contributed by atoms with Gasteiger partial charge in [0, 0.05) is 55.8 Å². The van der Waals surface area contributed by atoms with Crippen LogP contribution in [0.15, 0.2) is 24.4 Å². The van der Waals surface area contributed by atoms with Crippen LogP contribution in [0.5, 0.6) is 0 Å². The number of carbonyl (C=O) groups excluding carboxylic acids is 1. The van der Waals surface area contributed by atoms with E-state index in [2.05, 4.69) is 5.32 Å². The van der Waals surface area contributed by atoms with E-state index in [9.17, 15) is 33.0 Å². The smallest absolute Gasteiger partial charge is 0.407 e. The number of aromatic nitrogens is 1. The number of nitrogens with one attached hydrogen (secondary N) is 1. The minimum absolute atomic E-state index is 0.0843. The van der Waals surface area contributed by atoms with Crippen molar-refractivity contribution in [2.24, 2.45) is 13.0 Å². The third-order valence-corrected chi connectivity index (χ3v) is 6.18. The molecule has 10 nitrogen and oxygen atoms in total. The van der Waals surface area contributed by atoms with Crippen LogP contribution in [-0.2, 0) is 18.3 Å². The van der Waals surface area contributed by atoms with Gasteiger partial charge >= 0.3 is 6.09 Å². The van der Waals surface area contributed by atoms with Crippen molar-refractivity contribution in [3.05, 3.63) is 46.7 Å². The molecule has 1 aliphatic rings. The molecule has 1 aromatic heterocycles. The Morgan fingerprint density at radius 2 is 2.06 bits per heavy atom. The standard InChI is InChI=1S/C18H19ClF2N4O6S/c1-23-6-14(25(32(30)31)13-7-24(18(28)29)5-9(13)8-26)15(21)16(23)17(27)22-10-2-3-12(20)11(19)4-10/h2-4,6,9,13,26H,5,7-8H2,1H3,(H,22,27)(H,28,29)(H,30,31)/p-1. The summed E-state index contributed by atoms with van der Waals surface area (Å²) in [6, 6.07) is 2.26. The third-order valence-electron chi connectivity index (χ3n) is 5.10. The molecule has 14 heteroatoms. The summed E-state index contributed by atoms with van der Waals surface area (Å²) < 4.78 is 54.2. The van der Waals surface area contributed by atoms with Crippen LogP contribution in [0.25, 0.3) is 0 Å². The van der Waals surface area contributed by atoms with Crippen LogP contribution in [0.4, 0.5) is 25.0 Å². The minimum atomic E-state index is -3.05. The number of rotatable bonds is 6. The Balaban J connectivity index is 1.94. The topological polar surface area (TPSA) is 138 Å². The van der Waals surface area contributed by atoms with Crippen LogP contribution < -0.4 is 9.62 Å². The molecule has 0 radical (unpaired) electrons. The van der Waals surface area contributed by atoms with E-state index in [0.29, 0.717) is 4.31 Å². The van der Waals surface area contributed by atoms with E-state index in [1.54, 1.807) is 0 Å². The summed E-state index contributed by atoms with van der Waals surface area (Å²) in [6.07, 6.45) is -0.246. The number of hydrogen-bond acceptors (Lipinski definition) is 5. The second-order valence-electron chi connectivity index (χ2n) is 7.11. The number of hydrogen-bond donors (Lipinski definition) is 3. The molecule has 0 saturated carbocycles. The molecule has 2 aromatic rings. The first-order valence-electron chi connectivity index (χ1n) is 9.13. The van der Waals surface area contributed by atoms with Gasteiger partial charge in [-0.25, -0.2) is 13.6 Å². The van der Waals surface area contributed by atoms with Gasteiger partial charge < -0.3 is 29.5 Å². The van der Waals surface area contributed by atoms with E-state index in [1.165, 1.54) is 13.1 Å². The molecule has 2 amide bonds. The number of aliphatic hydroxyl groups excluding tert-OH is 1. The molecule has 3 unspecified atom stereocenters. The lowest BCUT2D eigenvalue weighted by Crippen LogP contribution is -2.43. The van der Waals surface area contributed by atoms with Crippen molar-refractivity contribution < 1.29 is 37.3 Å². The van der Waals surface area contributed by atoms with Gasteiger partial charge in [0.15, 0.2) is 5.82 Å². The Hall–Kier alpha value is -2.74. The number of carbonyl (C=O) groups is 2. The Morgan fingerprint density at radius 1 is 1.38 bits per heavy atom. The van der Waals surface area contributed by atoms with E-state index in [1.807, 2.05) is 0 Å². The molecule has 0 bridgehead atoms. The first kappa shape index (κ1) is 23.9. The highest BCUT2D eigenvalue weighted by Gasteiger charge is 2.41. The molecule has 0 aliphatic carbocycles. The SMILES string of the molecule is Cn1cc(N(C2CN(C(=O)O)CC2CO)S(=O)[O-])c(F)c1C(=O)Nc1ccc(F)c(Cl)c1. The average molecular weight is 492 g/mol. The van der Waals surface area contributed by atoms with Gasteiger partial charge in [-0.15, -0.1) is 0 Å². The lowest BCUT2D eigenvalue weighted by molar-refractivity contribution is 0.101. The van der Waals surface area contributed by atoms with Crippen LogP contribution in [0.2, 0.25) is 5.02 Å². The highest BCUT2D eigenvalue weighted by Crippen LogP contribution is 2.32. The Labute approximate surface area is 188 Å². The molecule has 1 saturated heterocycles. The number of amides is 2. The van der Waals surface area contributed by atoms with Crippen molar-refractivity contribution in [2.45, 2.75) is 6.04 Å². The van der Waals surface area contributed by atoms with Gasteiger partial charge in [0.05, 0.1) is 11.1 Å². The normalized spacial score (nSPS) is 19.1. The molecule has 1 fully saturated rings. The van der Waals surface area contributed by atoms with Gasteiger partial charge in [-0.1, -0.05) is 11.6 Å². The zero-order chi connectivity index (χ0) is 23.7. The van der Waals surface area contributed by atoms with E-state index >= 15 is 4.39 Å². The van der Waals surface area contributed by atoms with Gasteiger partial charge in [0.1, 0.15) is 17.2 Å². The number of benzene rings is 1. The molecule has 174 valence electrons. The molecule has 3 rings (SSSR count). The number of halogens is 3.